The molecule has 1 aromatic heterocycles. The van der Waals surface area contributed by atoms with Gasteiger partial charge in [-0.1, -0.05) is 42.5 Å². The van der Waals surface area contributed by atoms with Crippen molar-refractivity contribution in [2.75, 3.05) is 11.4 Å². The molecule has 2 aromatic carbocycles. The Kier molecular flexibility index (Phi) is 3.73. The minimum atomic E-state index is -0.334. The zero-order valence-electron chi connectivity index (χ0n) is 13.2. The SMILES string of the molecule is O=C(Cc1ccccc1F)N1CCCc2ncc3ccccc3c21. The topological polar surface area (TPSA) is 33.2 Å². The fourth-order valence-corrected chi connectivity index (χ4v) is 3.34. The number of rotatable bonds is 2. The van der Waals surface area contributed by atoms with Gasteiger partial charge >= 0.3 is 0 Å². The van der Waals surface area contributed by atoms with Gasteiger partial charge in [0.15, 0.2) is 0 Å². The maximum atomic E-state index is 13.9. The quantitative estimate of drug-likeness (QED) is 0.717. The number of halogens is 1. The highest BCUT2D eigenvalue weighted by Gasteiger charge is 2.26. The Morgan fingerprint density at radius 3 is 2.79 bits per heavy atom. The Morgan fingerprint density at radius 2 is 1.92 bits per heavy atom. The van der Waals surface area contributed by atoms with Gasteiger partial charge in [0.2, 0.25) is 5.91 Å². The Balaban J connectivity index is 1.75. The molecule has 0 N–H and O–H groups in total. The molecule has 0 atom stereocenters. The molecule has 2 heterocycles. The van der Waals surface area contributed by atoms with Crippen LogP contribution in [0.5, 0.6) is 0 Å². The van der Waals surface area contributed by atoms with E-state index >= 15 is 0 Å². The summed E-state index contributed by atoms with van der Waals surface area (Å²) < 4.78 is 13.9. The summed E-state index contributed by atoms with van der Waals surface area (Å²) in [6.45, 7) is 0.649. The normalized spacial score (nSPS) is 13.8. The van der Waals surface area contributed by atoms with Crippen molar-refractivity contribution < 1.29 is 9.18 Å². The Morgan fingerprint density at radius 1 is 1.12 bits per heavy atom. The first kappa shape index (κ1) is 14.8. The van der Waals surface area contributed by atoms with Crippen molar-refractivity contribution in [1.82, 2.24) is 4.98 Å². The standard InChI is InChI=1S/C20H17FN2O/c21-17-9-4-2-6-14(17)12-19(24)23-11-5-10-18-20(23)16-8-3-1-7-15(16)13-22-18/h1-4,6-9,13H,5,10-12H2. The van der Waals surface area contributed by atoms with Crippen molar-refractivity contribution in [3.63, 3.8) is 0 Å². The van der Waals surface area contributed by atoms with Crippen LogP contribution in [0, 0.1) is 5.82 Å². The van der Waals surface area contributed by atoms with Crippen molar-refractivity contribution in [1.29, 1.82) is 0 Å². The van der Waals surface area contributed by atoms with Crippen LogP contribution in [0.25, 0.3) is 10.8 Å². The summed E-state index contributed by atoms with van der Waals surface area (Å²) >= 11 is 0. The van der Waals surface area contributed by atoms with Gasteiger partial charge in [-0.25, -0.2) is 4.39 Å². The highest BCUT2D eigenvalue weighted by atomic mass is 19.1. The number of nitrogens with zero attached hydrogens (tertiary/aromatic N) is 2. The largest absolute Gasteiger partial charge is 0.310 e. The second-order valence-electron chi connectivity index (χ2n) is 6.06. The zero-order valence-corrected chi connectivity index (χ0v) is 13.2. The smallest absolute Gasteiger partial charge is 0.231 e. The molecule has 24 heavy (non-hydrogen) atoms. The first-order valence-corrected chi connectivity index (χ1v) is 8.14. The molecule has 0 spiro atoms. The highest BCUT2D eigenvalue weighted by molar-refractivity contribution is 6.05. The molecule has 120 valence electrons. The van der Waals surface area contributed by atoms with Crippen LogP contribution >= 0.6 is 0 Å². The average Bonchev–Trinajstić information content (AvgIpc) is 2.63. The van der Waals surface area contributed by atoms with Crippen molar-refractivity contribution in [3.05, 3.63) is 71.8 Å². The van der Waals surface area contributed by atoms with Gasteiger partial charge in [0.05, 0.1) is 17.8 Å². The molecule has 0 fully saturated rings. The third-order valence-corrected chi connectivity index (χ3v) is 4.51. The number of aryl methyl sites for hydroxylation is 1. The summed E-state index contributed by atoms with van der Waals surface area (Å²) in [6.07, 6.45) is 3.67. The van der Waals surface area contributed by atoms with Gasteiger partial charge in [0.25, 0.3) is 0 Å². The molecule has 1 aliphatic rings. The lowest BCUT2D eigenvalue weighted by Gasteiger charge is -2.30. The predicted molar refractivity (Wildman–Crippen MR) is 92.5 cm³/mol. The molecule has 4 rings (SSSR count). The lowest BCUT2D eigenvalue weighted by Crippen LogP contribution is -2.37. The minimum absolute atomic E-state index is 0.0648. The maximum Gasteiger partial charge on any atom is 0.231 e. The first-order chi connectivity index (χ1) is 11.7. The number of amides is 1. The van der Waals surface area contributed by atoms with Crippen LogP contribution < -0.4 is 4.90 Å². The van der Waals surface area contributed by atoms with Crippen molar-refractivity contribution in [3.8, 4) is 0 Å². The van der Waals surface area contributed by atoms with Crippen LogP contribution in [0.15, 0.2) is 54.7 Å². The summed E-state index contributed by atoms with van der Waals surface area (Å²) in [5.41, 5.74) is 2.27. The van der Waals surface area contributed by atoms with Gasteiger partial charge in [0, 0.05) is 23.5 Å². The van der Waals surface area contributed by atoms with E-state index in [1.54, 1.807) is 23.1 Å². The lowest BCUT2D eigenvalue weighted by atomic mass is 10.0. The van der Waals surface area contributed by atoms with E-state index in [0.29, 0.717) is 12.1 Å². The molecule has 0 radical (unpaired) electrons. The predicted octanol–water partition coefficient (Wildman–Crippen LogP) is 3.90. The number of pyridine rings is 1. The molecule has 3 nitrogen and oxygen atoms in total. The summed E-state index contributed by atoms with van der Waals surface area (Å²) in [4.78, 5) is 19.2. The summed E-state index contributed by atoms with van der Waals surface area (Å²) in [5.74, 6) is -0.418. The van der Waals surface area contributed by atoms with Gasteiger partial charge < -0.3 is 4.90 Å². The van der Waals surface area contributed by atoms with Crippen LogP contribution in [-0.2, 0) is 17.6 Å². The molecule has 0 saturated heterocycles. The van der Waals surface area contributed by atoms with Crippen LogP contribution in [0.1, 0.15) is 17.7 Å². The molecule has 1 aliphatic heterocycles. The van der Waals surface area contributed by atoms with Gasteiger partial charge in [-0.15, -0.1) is 0 Å². The van der Waals surface area contributed by atoms with E-state index in [-0.39, 0.29) is 18.1 Å². The van der Waals surface area contributed by atoms with E-state index in [4.69, 9.17) is 0 Å². The molecule has 0 aliphatic carbocycles. The maximum absolute atomic E-state index is 13.9. The third-order valence-electron chi connectivity index (χ3n) is 4.51. The van der Waals surface area contributed by atoms with Crippen LogP contribution in [0.4, 0.5) is 10.1 Å². The number of carbonyl (C=O) groups excluding carboxylic acids is 1. The monoisotopic (exact) mass is 320 g/mol. The number of hydrogen-bond donors (Lipinski definition) is 0. The van der Waals surface area contributed by atoms with E-state index in [1.807, 2.05) is 30.5 Å². The fraction of sp³-hybridized carbons (Fsp3) is 0.200. The molecule has 3 aromatic rings. The summed E-state index contributed by atoms with van der Waals surface area (Å²) in [7, 11) is 0. The molecule has 0 bridgehead atoms. The van der Waals surface area contributed by atoms with Crippen LogP contribution in [-0.4, -0.2) is 17.4 Å². The van der Waals surface area contributed by atoms with Gasteiger partial charge in [0.1, 0.15) is 5.82 Å². The van der Waals surface area contributed by atoms with Gasteiger partial charge in [-0.05, 0) is 24.5 Å². The van der Waals surface area contributed by atoms with E-state index in [0.717, 1.165) is 35.0 Å². The number of hydrogen-bond acceptors (Lipinski definition) is 2. The van der Waals surface area contributed by atoms with Gasteiger partial charge in [-0.2, -0.15) is 0 Å². The summed E-state index contributed by atoms with van der Waals surface area (Å²) in [5, 5.41) is 2.05. The molecule has 1 amide bonds. The molecule has 0 unspecified atom stereocenters. The van der Waals surface area contributed by atoms with Gasteiger partial charge in [-0.3, -0.25) is 9.78 Å². The second kappa shape index (κ2) is 6.04. The average molecular weight is 320 g/mol. The Labute approximate surface area is 139 Å². The molecule has 0 saturated carbocycles. The van der Waals surface area contributed by atoms with E-state index in [2.05, 4.69) is 4.98 Å². The van der Waals surface area contributed by atoms with E-state index in [9.17, 15) is 9.18 Å². The van der Waals surface area contributed by atoms with Crippen LogP contribution in [0.3, 0.4) is 0 Å². The fourth-order valence-electron chi connectivity index (χ4n) is 3.34. The van der Waals surface area contributed by atoms with E-state index < -0.39 is 0 Å². The Hall–Kier alpha value is -2.75. The third kappa shape index (κ3) is 2.54. The molecular formula is C20H17FN2O. The number of benzene rings is 2. The molecule has 4 heteroatoms. The summed E-state index contributed by atoms with van der Waals surface area (Å²) in [6, 6.07) is 14.4. The highest BCUT2D eigenvalue weighted by Crippen LogP contribution is 2.33. The minimum Gasteiger partial charge on any atom is -0.310 e. The Bertz CT molecular complexity index is 922. The van der Waals surface area contributed by atoms with Crippen molar-refractivity contribution >= 4 is 22.4 Å². The molecular weight excluding hydrogens is 303 g/mol. The zero-order chi connectivity index (χ0) is 16.5. The van der Waals surface area contributed by atoms with Crippen LogP contribution in [0.2, 0.25) is 0 Å². The number of anilines is 1. The number of aromatic nitrogens is 1. The first-order valence-electron chi connectivity index (χ1n) is 8.14. The number of carbonyl (C=O) groups is 1. The van der Waals surface area contributed by atoms with E-state index in [1.165, 1.54) is 6.07 Å². The van der Waals surface area contributed by atoms with Crippen molar-refractivity contribution in [2.45, 2.75) is 19.3 Å². The second-order valence-corrected chi connectivity index (χ2v) is 6.06. The number of fused-ring (bicyclic) bond motifs is 3. The van der Waals surface area contributed by atoms with Crippen molar-refractivity contribution in [2.24, 2.45) is 0 Å². The lowest BCUT2D eigenvalue weighted by molar-refractivity contribution is -0.118.